The predicted octanol–water partition coefficient (Wildman–Crippen LogP) is 2.94. The van der Waals surface area contributed by atoms with Gasteiger partial charge in [0.25, 0.3) is 0 Å². The van der Waals surface area contributed by atoms with Crippen molar-refractivity contribution >= 4 is 5.91 Å². The number of hydrogen-bond acceptors (Lipinski definition) is 1. The van der Waals surface area contributed by atoms with Crippen molar-refractivity contribution in [1.29, 1.82) is 0 Å². The van der Waals surface area contributed by atoms with Gasteiger partial charge in [0, 0.05) is 18.2 Å². The topological polar surface area (TPSA) is 29.1 Å². The molecular formula is C13H15F2NO. The van der Waals surface area contributed by atoms with E-state index < -0.39 is 11.6 Å². The molecule has 92 valence electrons. The fraction of sp³-hybridized carbons (Fsp3) is 0.308. The number of nitrogens with one attached hydrogen (secondary N) is 1. The van der Waals surface area contributed by atoms with Gasteiger partial charge in [-0.3, -0.25) is 4.79 Å². The van der Waals surface area contributed by atoms with Gasteiger partial charge in [0.05, 0.1) is 0 Å². The van der Waals surface area contributed by atoms with Crippen LogP contribution in [0.1, 0.15) is 25.8 Å². The largest absolute Gasteiger partial charge is 0.348 e. The smallest absolute Gasteiger partial charge is 0.246 e. The molecule has 0 bridgehead atoms. The summed E-state index contributed by atoms with van der Waals surface area (Å²) in [5.41, 5.74) is 1.00. The van der Waals surface area contributed by atoms with Gasteiger partial charge in [-0.1, -0.05) is 13.0 Å². The summed E-state index contributed by atoms with van der Waals surface area (Å²) in [7, 11) is 0. The van der Waals surface area contributed by atoms with E-state index >= 15 is 0 Å². The second-order valence-corrected chi connectivity index (χ2v) is 3.76. The number of rotatable bonds is 4. The van der Waals surface area contributed by atoms with Crippen LogP contribution in [0.3, 0.4) is 0 Å². The summed E-state index contributed by atoms with van der Waals surface area (Å²) < 4.78 is 25.7. The maximum absolute atomic E-state index is 12.9. The normalized spacial score (nSPS) is 11.4. The minimum Gasteiger partial charge on any atom is -0.348 e. The van der Waals surface area contributed by atoms with Crippen LogP contribution >= 0.6 is 0 Å². The molecule has 0 aliphatic heterocycles. The first-order chi connectivity index (χ1) is 8.02. The molecular weight excluding hydrogens is 224 g/mol. The average molecular weight is 239 g/mol. The molecule has 4 heteroatoms. The highest BCUT2D eigenvalue weighted by atomic mass is 19.1. The van der Waals surface area contributed by atoms with E-state index in [2.05, 4.69) is 5.32 Å². The van der Waals surface area contributed by atoms with Crippen LogP contribution in [0.5, 0.6) is 0 Å². The third kappa shape index (κ3) is 4.34. The number of benzene rings is 1. The Labute approximate surface area is 99.3 Å². The number of carbonyl (C=O) groups is 1. The van der Waals surface area contributed by atoms with Crippen molar-refractivity contribution in [3.8, 4) is 0 Å². The van der Waals surface area contributed by atoms with Crippen LogP contribution < -0.4 is 5.32 Å². The molecule has 0 saturated heterocycles. The molecule has 0 aliphatic rings. The second-order valence-electron chi connectivity index (χ2n) is 3.76. The Balaban J connectivity index is 2.61. The minimum absolute atomic E-state index is 0.113. The lowest BCUT2D eigenvalue weighted by atomic mass is 10.2. The van der Waals surface area contributed by atoms with E-state index in [9.17, 15) is 13.6 Å². The van der Waals surface area contributed by atoms with Gasteiger partial charge in [-0.05, 0) is 31.0 Å². The lowest BCUT2D eigenvalue weighted by Gasteiger charge is -2.06. The van der Waals surface area contributed by atoms with Crippen LogP contribution in [0.2, 0.25) is 0 Å². The van der Waals surface area contributed by atoms with Gasteiger partial charge in [0.2, 0.25) is 5.91 Å². The molecule has 0 heterocycles. The van der Waals surface area contributed by atoms with Crippen LogP contribution in [-0.2, 0) is 11.3 Å². The molecule has 17 heavy (non-hydrogen) atoms. The highest BCUT2D eigenvalue weighted by molar-refractivity contribution is 5.92. The van der Waals surface area contributed by atoms with Crippen molar-refractivity contribution in [3.63, 3.8) is 0 Å². The summed E-state index contributed by atoms with van der Waals surface area (Å²) in [6, 6.07) is 3.19. The fourth-order valence-electron chi connectivity index (χ4n) is 1.43. The van der Waals surface area contributed by atoms with E-state index in [0.717, 1.165) is 12.5 Å². The Kier molecular flexibility index (Phi) is 4.82. The van der Waals surface area contributed by atoms with Gasteiger partial charge in [-0.25, -0.2) is 8.78 Å². The molecule has 0 aromatic heterocycles. The van der Waals surface area contributed by atoms with Crippen LogP contribution in [-0.4, -0.2) is 5.91 Å². The van der Waals surface area contributed by atoms with Gasteiger partial charge >= 0.3 is 0 Å². The molecule has 0 atom stereocenters. The third-order valence-electron chi connectivity index (χ3n) is 2.24. The fourth-order valence-corrected chi connectivity index (χ4v) is 1.43. The Hall–Kier alpha value is -1.71. The minimum atomic E-state index is -0.643. The van der Waals surface area contributed by atoms with Crippen LogP contribution in [0, 0.1) is 11.6 Å². The van der Waals surface area contributed by atoms with Gasteiger partial charge in [-0.15, -0.1) is 0 Å². The molecule has 1 amide bonds. The zero-order valence-electron chi connectivity index (χ0n) is 9.89. The third-order valence-corrected chi connectivity index (χ3v) is 2.24. The quantitative estimate of drug-likeness (QED) is 0.804. The average Bonchev–Trinajstić information content (AvgIpc) is 2.25. The highest BCUT2D eigenvalue weighted by Crippen LogP contribution is 2.07. The summed E-state index contributed by atoms with van der Waals surface area (Å²) in [5.74, 6) is -1.51. The number of hydrogen-bond donors (Lipinski definition) is 1. The van der Waals surface area contributed by atoms with E-state index in [1.54, 1.807) is 13.0 Å². The lowest BCUT2D eigenvalue weighted by molar-refractivity contribution is -0.117. The van der Waals surface area contributed by atoms with Gasteiger partial charge in [0.15, 0.2) is 0 Å². The molecule has 0 aliphatic carbocycles. The number of allylic oxidation sites excluding steroid dienone is 1. The van der Waals surface area contributed by atoms with Crippen molar-refractivity contribution < 1.29 is 13.6 Å². The Morgan fingerprint density at radius 2 is 1.88 bits per heavy atom. The van der Waals surface area contributed by atoms with Gasteiger partial charge in [0.1, 0.15) is 11.6 Å². The van der Waals surface area contributed by atoms with E-state index in [0.29, 0.717) is 11.1 Å². The SMILES string of the molecule is CC/C=C(/C)C(=O)NCc1cc(F)cc(F)c1. The summed E-state index contributed by atoms with van der Waals surface area (Å²) >= 11 is 0. The summed E-state index contributed by atoms with van der Waals surface area (Å²) in [4.78, 5) is 11.5. The first-order valence-corrected chi connectivity index (χ1v) is 5.43. The van der Waals surface area contributed by atoms with Crippen molar-refractivity contribution in [2.24, 2.45) is 0 Å². The molecule has 0 spiro atoms. The van der Waals surface area contributed by atoms with Crippen LogP contribution in [0.4, 0.5) is 8.78 Å². The van der Waals surface area contributed by atoms with Crippen molar-refractivity contribution in [3.05, 3.63) is 47.0 Å². The highest BCUT2D eigenvalue weighted by Gasteiger charge is 2.05. The van der Waals surface area contributed by atoms with Crippen molar-refractivity contribution in [1.82, 2.24) is 5.32 Å². The molecule has 0 unspecified atom stereocenters. The molecule has 1 rings (SSSR count). The summed E-state index contributed by atoms with van der Waals surface area (Å²) in [6.45, 7) is 3.74. The molecule has 0 radical (unpaired) electrons. The number of amides is 1. The lowest BCUT2D eigenvalue weighted by Crippen LogP contribution is -2.23. The molecule has 0 saturated carbocycles. The molecule has 1 N–H and O–H groups in total. The second kappa shape index (κ2) is 6.13. The van der Waals surface area contributed by atoms with Crippen LogP contribution in [0.25, 0.3) is 0 Å². The monoisotopic (exact) mass is 239 g/mol. The van der Waals surface area contributed by atoms with Crippen molar-refractivity contribution in [2.45, 2.75) is 26.8 Å². The first-order valence-electron chi connectivity index (χ1n) is 5.43. The van der Waals surface area contributed by atoms with Gasteiger partial charge in [-0.2, -0.15) is 0 Å². The first kappa shape index (κ1) is 13.4. The van der Waals surface area contributed by atoms with E-state index in [1.807, 2.05) is 6.92 Å². The molecule has 1 aromatic rings. The maximum atomic E-state index is 12.9. The Bertz CT molecular complexity index is 421. The zero-order valence-corrected chi connectivity index (χ0v) is 9.89. The Morgan fingerprint density at radius 1 is 1.29 bits per heavy atom. The predicted molar refractivity (Wildman–Crippen MR) is 62.3 cm³/mol. The summed E-state index contributed by atoms with van der Waals surface area (Å²) in [6.07, 6.45) is 2.56. The van der Waals surface area contributed by atoms with Crippen LogP contribution in [0.15, 0.2) is 29.8 Å². The molecule has 2 nitrogen and oxygen atoms in total. The van der Waals surface area contributed by atoms with Crippen molar-refractivity contribution in [2.75, 3.05) is 0 Å². The van der Waals surface area contributed by atoms with Gasteiger partial charge < -0.3 is 5.32 Å². The molecule has 0 fully saturated rings. The van der Waals surface area contributed by atoms with E-state index in [4.69, 9.17) is 0 Å². The van der Waals surface area contributed by atoms with E-state index in [-0.39, 0.29) is 12.5 Å². The summed E-state index contributed by atoms with van der Waals surface area (Å²) in [5, 5.41) is 2.60. The maximum Gasteiger partial charge on any atom is 0.246 e. The number of halogens is 2. The standard InChI is InChI=1S/C13H15F2NO/c1-3-4-9(2)13(17)16-8-10-5-11(14)7-12(15)6-10/h4-7H,3,8H2,1-2H3,(H,16,17)/b9-4-. The number of carbonyl (C=O) groups excluding carboxylic acids is 1. The molecule has 1 aromatic carbocycles. The zero-order chi connectivity index (χ0) is 12.8. The Morgan fingerprint density at radius 3 is 2.41 bits per heavy atom. The van der Waals surface area contributed by atoms with E-state index in [1.165, 1.54) is 12.1 Å².